The van der Waals surface area contributed by atoms with E-state index in [-0.39, 0.29) is 38.8 Å². The summed E-state index contributed by atoms with van der Waals surface area (Å²) >= 11 is 11.9. The second-order valence-electron chi connectivity index (χ2n) is 13.6. The average molecular weight is 825 g/mol. The summed E-state index contributed by atoms with van der Waals surface area (Å²) < 4.78 is 48.2. The van der Waals surface area contributed by atoms with Gasteiger partial charge in [-0.15, -0.1) is 6.58 Å². The Hall–Kier alpha value is -5.58. The Morgan fingerprint density at radius 1 is 0.603 bits per heavy atom. The van der Waals surface area contributed by atoms with Gasteiger partial charge >= 0.3 is 7.12 Å². The molecule has 3 heterocycles. The Kier molecular flexibility index (Phi) is 15.7. The molecular weight excluding hydrogens is 776 g/mol. The van der Waals surface area contributed by atoms with Crippen LogP contribution in [0.5, 0.6) is 23.0 Å². The monoisotopic (exact) mass is 823 g/mol. The molecular formula is C47H47BCl2F2N2O4. The molecule has 6 aromatic rings. The van der Waals surface area contributed by atoms with Gasteiger partial charge in [0.05, 0.1) is 28.3 Å². The van der Waals surface area contributed by atoms with E-state index in [0.717, 1.165) is 28.1 Å². The maximum Gasteiger partial charge on any atom is 0.486 e. The van der Waals surface area contributed by atoms with Crippen LogP contribution in [0.15, 0.2) is 147 Å². The van der Waals surface area contributed by atoms with Gasteiger partial charge in [-0.1, -0.05) is 55.8 Å². The molecule has 1 aliphatic rings. The molecule has 0 amide bonds. The number of hydrogen-bond donors (Lipinski definition) is 0. The summed E-state index contributed by atoms with van der Waals surface area (Å²) in [5.41, 5.74) is 4.69. The highest BCUT2D eigenvalue weighted by molar-refractivity contribution is 6.51. The minimum atomic E-state index is -0.299. The van der Waals surface area contributed by atoms with Crippen molar-refractivity contribution in [2.45, 2.75) is 46.3 Å². The molecule has 1 aliphatic heterocycles. The van der Waals surface area contributed by atoms with E-state index in [1.807, 2.05) is 76.2 Å². The predicted octanol–water partition coefficient (Wildman–Crippen LogP) is 14.6. The van der Waals surface area contributed by atoms with Crippen LogP contribution in [0.3, 0.4) is 0 Å². The molecule has 58 heavy (non-hydrogen) atoms. The van der Waals surface area contributed by atoms with Gasteiger partial charge in [0.25, 0.3) is 0 Å². The SMILES string of the molecule is C.C=CB1OC(C)(C)C(C)(C)O1.C=Cc1cc(C=C)nc(-c2ccc(Oc3ccc(F)cc3)cc2)c1.Fc1ccc(Oc2ccc(-c3cc(Cl)cc(Cl)n3)cc2)cc1.[2HH]. The lowest BCUT2D eigenvalue weighted by Gasteiger charge is -2.32. The van der Waals surface area contributed by atoms with Crippen molar-refractivity contribution in [3.8, 4) is 45.5 Å². The third-order valence-corrected chi connectivity index (χ3v) is 9.35. The molecule has 300 valence electrons. The van der Waals surface area contributed by atoms with E-state index in [2.05, 4.69) is 29.7 Å². The van der Waals surface area contributed by atoms with Crippen LogP contribution in [0, 0.1) is 11.6 Å². The number of aromatic nitrogens is 2. The van der Waals surface area contributed by atoms with Crippen LogP contribution in [-0.2, 0) is 9.31 Å². The van der Waals surface area contributed by atoms with Crippen molar-refractivity contribution >= 4 is 42.5 Å². The van der Waals surface area contributed by atoms with E-state index in [4.69, 9.17) is 42.0 Å². The van der Waals surface area contributed by atoms with E-state index in [0.29, 0.717) is 38.9 Å². The van der Waals surface area contributed by atoms with Crippen molar-refractivity contribution < 1.29 is 29.0 Å². The predicted molar refractivity (Wildman–Crippen MR) is 238 cm³/mol. The Bertz CT molecular complexity index is 2250. The molecule has 0 N–H and O–H groups in total. The number of pyridine rings is 2. The van der Waals surface area contributed by atoms with Crippen LogP contribution in [0.1, 0.15) is 47.8 Å². The molecule has 7 rings (SSSR count). The minimum Gasteiger partial charge on any atom is -0.457 e. The topological polar surface area (TPSA) is 62.7 Å². The van der Waals surface area contributed by atoms with Gasteiger partial charge in [-0.25, -0.2) is 18.7 Å². The third kappa shape index (κ3) is 12.5. The average Bonchev–Trinajstić information content (AvgIpc) is 3.42. The molecule has 1 fully saturated rings. The fourth-order valence-electron chi connectivity index (χ4n) is 5.21. The smallest absolute Gasteiger partial charge is 0.457 e. The fraction of sp³-hybridized carbons (Fsp3) is 0.149. The molecule has 4 aromatic carbocycles. The van der Waals surface area contributed by atoms with Crippen molar-refractivity contribution in [2.24, 2.45) is 0 Å². The van der Waals surface area contributed by atoms with Crippen LogP contribution in [-0.4, -0.2) is 28.3 Å². The van der Waals surface area contributed by atoms with Gasteiger partial charge in [0.15, 0.2) is 0 Å². The lowest BCUT2D eigenvalue weighted by atomic mass is 9.90. The van der Waals surface area contributed by atoms with Gasteiger partial charge in [0.1, 0.15) is 39.8 Å². The molecule has 0 bridgehead atoms. The first kappa shape index (κ1) is 45.1. The number of rotatable bonds is 9. The number of ether oxygens (including phenoxy) is 2. The normalized spacial score (nSPS) is 13.3. The largest absolute Gasteiger partial charge is 0.486 e. The number of halogens is 4. The highest BCUT2D eigenvalue weighted by Gasteiger charge is 2.49. The van der Waals surface area contributed by atoms with Gasteiger partial charge in [0, 0.05) is 17.6 Å². The maximum atomic E-state index is 12.9. The van der Waals surface area contributed by atoms with Crippen molar-refractivity contribution in [3.05, 3.63) is 180 Å². The highest BCUT2D eigenvalue weighted by atomic mass is 35.5. The second-order valence-corrected chi connectivity index (χ2v) is 14.5. The molecule has 6 nitrogen and oxygen atoms in total. The van der Waals surface area contributed by atoms with Crippen LogP contribution in [0.4, 0.5) is 8.78 Å². The van der Waals surface area contributed by atoms with Gasteiger partial charge in [0.2, 0.25) is 0 Å². The van der Waals surface area contributed by atoms with Gasteiger partial charge in [-0.3, -0.25) is 0 Å². The van der Waals surface area contributed by atoms with E-state index in [1.54, 1.807) is 66.7 Å². The Morgan fingerprint density at radius 3 is 1.38 bits per heavy atom. The van der Waals surface area contributed by atoms with E-state index in [1.165, 1.54) is 24.3 Å². The van der Waals surface area contributed by atoms with Crippen molar-refractivity contribution in [1.82, 2.24) is 9.97 Å². The van der Waals surface area contributed by atoms with Crippen molar-refractivity contribution in [1.29, 1.82) is 0 Å². The Morgan fingerprint density at radius 2 is 1.02 bits per heavy atom. The maximum absolute atomic E-state index is 12.9. The lowest BCUT2D eigenvalue weighted by Crippen LogP contribution is -2.41. The number of benzene rings is 4. The molecule has 2 aromatic heterocycles. The Balaban J connectivity index is 0.000000247. The first-order valence-corrected chi connectivity index (χ1v) is 18.6. The van der Waals surface area contributed by atoms with Crippen molar-refractivity contribution in [3.63, 3.8) is 0 Å². The van der Waals surface area contributed by atoms with Gasteiger partial charge in [-0.2, -0.15) is 0 Å². The Labute approximate surface area is 352 Å². The van der Waals surface area contributed by atoms with Crippen LogP contribution in [0.25, 0.3) is 34.7 Å². The van der Waals surface area contributed by atoms with Crippen LogP contribution in [0.2, 0.25) is 10.2 Å². The first-order valence-electron chi connectivity index (χ1n) is 17.8. The highest BCUT2D eigenvalue weighted by Crippen LogP contribution is 2.36. The molecule has 0 saturated carbocycles. The molecule has 11 heteroatoms. The fourth-order valence-corrected chi connectivity index (χ4v) is 5.68. The summed E-state index contributed by atoms with van der Waals surface area (Å²) in [6.07, 6.45) is 3.49. The zero-order valence-electron chi connectivity index (χ0n) is 32.0. The molecule has 0 atom stereocenters. The standard InChI is InChI=1S/C21H16FNO.C17H10Cl2FNO.C8H15BO2.CH4.H2/c1-3-15-13-18(4-2)23-21(14-15)16-5-9-19(10-6-16)24-20-11-7-17(22)8-12-20;18-12-9-16(21-17(19)10-12)11-1-5-14(6-2-11)22-15-7-3-13(20)4-8-15;1-6-9-10-7(2,3)8(4,5)11-9;;/h3-14H,1-2H2;1-10H;6H,1H2,2-5H3;1H4;1H/i;;;;1+1. The lowest BCUT2D eigenvalue weighted by molar-refractivity contribution is 0.00578. The molecule has 0 spiro atoms. The summed E-state index contributed by atoms with van der Waals surface area (Å²) in [5.74, 6) is 3.56. The van der Waals surface area contributed by atoms with Gasteiger partial charge in [-0.05, 0) is 161 Å². The van der Waals surface area contributed by atoms with Crippen LogP contribution >= 0.6 is 23.2 Å². The second kappa shape index (κ2) is 20.2. The first-order chi connectivity index (χ1) is 27.2. The zero-order valence-corrected chi connectivity index (χ0v) is 33.5. The molecule has 0 unspecified atom stereocenters. The third-order valence-electron chi connectivity index (χ3n) is 8.93. The summed E-state index contributed by atoms with van der Waals surface area (Å²) in [7, 11) is -0.250. The summed E-state index contributed by atoms with van der Waals surface area (Å²) in [4.78, 5) is 8.77. The van der Waals surface area contributed by atoms with Crippen LogP contribution < -0.4 is 9.47 Å². The summed E-state index contributed by atoms with van der Waals surface area (Å²) in [5, 5.41) is 0.871. The quantitative estimate of drug-likeness (QED) is 0.107. The molecule has 0 aliphatic carbocycles. The number of hydrogen-bond acceptors (Lipinski definition) is 6. The van der Waals surface area contributed by atoms with Crippen molar-refractivity contribution in [2.75, 3.05) is 0 Å². The molecule has 0 radical (unpaired) electrons. The van der Waals surface area contributed by atoms with E-state index in [9.17, 15) is 8.78 Å². The van der Waals surface area contributed by atoms with E-state index < -0.39 is 0 Å². The summed E-state index contributed by atoms with van der Waals surface area (Å²) in [6, 6.07) is 33.9. The summed E-state index contributed by atoms with van der Waals surface area (Å²) in [6.45, 7) is 19.3. The van der Waals surface area contributed by atoms with Gasteiger partial charge < -0.3 is 18.8 Å². The molecule has 1 saturated heterocycles. The zero-order chi connectivity index (χ0) is 41.2. The van der Waals surface area contributed by atoms with E-state index >= 15 is 0 Å². The number of nitrogens with zero attached hydrogens (tertiary/aromatic N) is 2. The minimum absolute atomic E-state index is 0.